The molecule has 7 aliphatic rings. The zero-order valence-corrected chi connectivity index (χ0v) is 80.2. The van der Waals surface area contributed by atoms with Crippen molar-refractivity contribution in [3.63, 3.8) is 0 Å². The topological polar surface area (TPSA) is 395 Å². The number of anilines is 4. The van der Waals surface area contributed by atoms with Crippen LogP contribution in [0, 0.1) is 17.2 Å². The minimum Gasteiger partial charge on any atom is -0.452 e. The number of fused-ring (bicyclic) bond motifs is 12. The number of hydrogen-bond donors (Lipinski definition) is 2. The molecule has 0 radical (unpaired) electrons. The number of methoxy groups -OCH3 is 4. The highest BCUT2D eigenvalue weighted by Crippen LogP contribution is 2.43. The molecule has 14 heterocycles. The Kier molecular flexibility index (Phi) is 29.7. The van der Waals surface area contributed by atoms with E-state index in [9.17, 15) is 61.6 Å². The first-order chi connectivity index (χ1) is 66.7. The number of ether oxygens (including phenoxy) is 4. The van der Waals surface area contributed by atoms with Crippen LogP contribution in [-0.2, 0) is 130 Å². The van der Waals surface area contributed by atoms with Crippen molar-refractivity contribution in [2.75, 3.05) is 98.8 Å². The third-order valence-electron chi connectivity index (χ3n) is 27.7. The summed E-state index contributed by atoms with van der Waals surface area (Å²) in [5.41, 5.74) is 15.3. The fourth-order valence-corrected chi connectivity index (χ4v) is 21.7. The summed E-state index contributed by atoms with van der Waals surface area (Å²) in [5, 5.41) is 14.9. The molecule has 0 spiro atoms. The number of benzene rings is 5. The van der Waals surface area contributed by atoms with E-state index < -0.39 is 22.0 Å². The highest BCUT2D eigenvalue weighted by Gasteiger charge is 2.39. The molecule has 3 saturated heterocycles. The molecule has 37 heteroatoms. The van der Waals surface area contributed by atoms with Gasteiger partial charge in [-0.05, 0) is 177 Å². The van der Waals surface area contributed by atoms with Gasteiger partial charge in [0.25, 0.3) is 16.7 Å². The number of carbonyl (C=O) groups is 7. The number of piperidine rings is 1. The summed E-state index contributed by atoms with van der Waals surface area (Å²) in [6.45, 7) is 12.8. The van der Waals surface area contributed by atoms with Crippen LogP contribution in [-0.4, -0.2) is 216 Å². The first-order valence-corrected chi connectivity index (χ1v) is 49.2. The van der Waals surface area contributed by atoms with Gasteiger partial charge in [0, 0.05) is 187 Å². The van der Waals surface area contributed by atoms with Crippen molar-refractivity contribution in [1.82, 2.24) is 72.3 Å². The first-order valence-electron chi connectivity index (χ1n) is 47.3. The molecule has 7 aromatic heterocycles. The average molecular weight is 1900 g/mol. The van der Waals surface area contributed by atoms with Gasteiger partial charge in [-0.25, -0.2) is 52.3 Å². The van der Waals surface area contributed by atoms with Gasteiger partial charge in [0.2, 0.25) is 11.8 Å². The monoisotopic (exact) mass is 1900 g/mol. The Morgan fingerprint density at radius 2 is 0.848 bits per heavy atom. The molecule has 7 aliphatic heterocycles. The van der Waals surface area contributed by atoms with Crippen LogP contribution in [0.5, 0.6) is 0 Å². The van der Waals surface area contributed by atoms with Crippen molar-refractivity contribution in [2.45, 2.75) is 193 Å². The van der Waals surface area contributed by atoms with Gasteiger partial charge in [-0.2, -0.15) is 5.26 Å². The van der Waals surface area contributed by atoms with E-state index in [1.54, 1.807) is 87.1 Å². The second-order valence-electron chi connectivity index (χ2n) is 36.2. The molecule has 0 saturated carbocycles. The molecule has 0 unspecified atom stereocenters. The number of amides is 8. The van der Waals surface area contributed by atoms with Crippen LogP contribution in [0.3, 0.4) is 0 Å². The maximum atomic E-state index is 13.4. The summed E-state index contributed by atoms with van der Waals surface area (Å²) in [6, 6.07) is 43.5. The van der Waals surface area contributed by atoms with Crippen molar-refractivity contribution in [1.29, 1.82) is 5.26 Å². The number of nitrogens with zero attached hydrogens (tertiary/aromatic N) is 18. The number of imidazole rings is 4. The Hall–Kier alpha value is -14.4. The van der Waals surface area contributed by atoms with Crippen molar-refractivity contribution >= 4 is 119 Å². The predicted octanol–water partition coefficient (Wildman–Crippen LogP) is 11.8. The summed E-state index contributed by atoms with van der Waals surface area (Å²) in [7, 11) is 4.60. The number of sulfone groups is 1. The number of nitriles is 1. The van der Waals surface area contributed by atoms with E-state index in [0.29, 0.717) is 122 Å². The number of pyridine rings is 3. The van der Waals surface area contributed by atoms with Crippen LogP contribution >= 0.6 is 0 Å². The number of carbonyl (C=O) groups excluding carboxylic acids is 7. The molecule has 8 amide bonds. The molecule has 724 valence electrons. The largest absolute Gasteiger partial charge is 0.452 e. The van der Waals surface area contributed by atoms with Gasteiger partial charge in [0.15, 0.2) is 0 Å². The summed E-state index contributed by atoms with van der Waals surface area (Å²) >= 11 is 0. The van der Waals surface area contributed by atoms with Crippen LogP contribution in [0.2, 0.25) is 0 Å². The van der Waals surface area contributed by atoms with Gasteiger partial charge >= 0.3 is 30.4 Å². The molecule has 0 aliphatic carbocycles. The lowest BCUT2D eigenvalue weighted by atomic mass is 9.95. The Morgan fingerprint density at radius 3 is 1.27 bits per heavy atom. The van der Waals surface area contributed by atoms with Gasteiger partial charge in [-0.1, -0.05) is 48.5 Å². The van der Waals surface area contributed by atoms with Crippen molar-refractivity contribution in [3.8, 4) is 6.07 Å². The van der Waals surface area contributed by atoms with Crippen LogP contribution in [0.1, 0.15) is 136 Å². The van der Waals surface area contributed by atoms with Crippen molar-refractivity contribution < 1.29 is 60.9 Å². The van der Waals surface area contributed by atoms with E-state index in [4.69, 9.17) is 38.9 Å². The Morgan fingerprint density at radius 1 is 0.457 bits per heavy atom. The minimum atomic E-state index is -2.96. The second-order valence-corrected chi connectivity index (χ2v) is 38.5. The van der Waals surface area contributed by atoms with Gasteiger partial charge in [0.1, 0.15) is 46.2 Å². The molecule has 12 aromatic rings. The molecule has 3 fully saturated rings. The Bertz CT molecular complexity index is 6950. The fraction of sp³-hybridized carbons (Fsp3) is 0.436. The molecule has 2 N–H and O–H groups in total. The smallest absolute Gasteiger partial charge is 0.414 e. The highest BCUT2D eigenvalue weighted by molar-refractivity contribution is 7.91. The fourth-order valence-electron chi connectivity index (χ4n) is 20.2. The number of hydrogen-bond acceptors (Lipinski definition) is 21. The van der Waals surface area contributed by atoms with E-state index in [-0.39, 0.29) is 107 Å². The first kappa shape index (κ1) is 96.7. The second kappa shape index (κ2) is 42.4. The third-order valence-corrected chi connectivity index (χ3v) is 29.4. The maximum absolute atomic E-state index is 13.4. The molecular weight excluding hydrogens is 1780 g/mol. The minimum absolute atomic E-state index is 0.000425. The molecular formula is C101H118N20O16S. The Labute approximate surface area is 798 Å². The van der Waals surface area contributed by atoms with E-state index >= 15 is 0 Å². The quantitative estimate of drug-likeness (QED) is 0.0710. The summed E-state index contributed by atoms with van der Waals surface area (Å²) in [4.78, 5) is 155. The number of aromatic nitrogens is 11. The SMILES string of the molecule is COC(=O)N1c2ccc3c(nc(CCn4ccccc4=O)n3C)c2CC[C@@H]1C.COC(=O)N1c2ccc3c(nc(CCn4ccccc4=O)n3CC(=O)N3CCC(C#N)CC3)c2CC[C@@H]1C.COC(=O)N1c2ccc3c(nc(CCn4ccccc4=O)n3CC(=O)NCCN3CCNC3=O)c2CC[C@@H]1C.COC(=O)N1c2ccc3c(nc(Cc4ccccc4)n3C3CCS(=O)(=O)CC3)c2CC[C@@H]1C. The van der Waals surface area contributed by atoms with Gasteiger partial charge in [-0.3, -0.25) is 43.6 Å². The number of aryl methyl sites for hydroxylation is 11. The van der Waals surface area contributed by atoms with Crippen LogP contribution in [0.15, 0.2) is 166 Å². The maximum Gasteiger partial charge on any atom is 0.414 e. The van der Waals surface area contributed by atoms with E-state index in [1.807, 2.05) is 128 Å². The van der Waals surface area contributed by atoms with E-state index in [1.165, 1.54) is 40.6 Å². The molecule has 36 nitrogen and oxygen atoms in total. The standard InChI is InChI=1S/C28H32N6O4.C27H33N7O5.C25H29N3O4S.C21H24N4O3/c1-19-6-7-21-22(34(19)28(37)38-2)8-9-23-27(21)30-24(12-16-31-13-4-3-5-25(31)35)33(23)18-26(36)32-14-10-20(17-29)11-15-32;1-18-6-7-19-20(34(18)27(38)39-2)8-9-21-25(19)30-22(10-14-31-13-4-3-5-24(31)36)33(21)17-23(35)28-11-15-32-16-12-29-26(32)37;1-17-8-9-20-21(27(17)25(29)32-2)10-11-22-24(20)26-23(16-18-6-4-3-5-7-18)28(22)19-12-14-33(30,31)15-13-19;1-14-7-8-15-16(25(14)21(27)28-3)9-10-17-20(15)22-18(23(17)2)11-13-24-12-5-4-6-19(24)26/h3-5,8-9,13,19-20H,6-7,10-12,14-16,18H2,1-2H3;3-5,8-9,13,18H,6-7,10-12,14-17H2,1-2H3,(H,28,35)(H,29,37);3-7,10-11,17,19H,8-9,12-16H2,1-2H3;4-6,9-10,12,14H,7-8,11,13H2,1-3H3/t19-;18-;17-;14-/m0000/s1. The van der Waals surface area contributed by atoms with Gasteiger partial charge in [0.05, 0.1) is 113 Å². The lowest BCUT2D eigenvalue weighted by Crippen LogP contribution is -2.42. The lowest BCUT2D eigenvalue weighted by Gasteiger charge is -2.34. The zero-order valence-electron chi connectivity index (χ0n) is 79.4. The van der Waals surface area contributed by atoms with Crippen LogP contribution < -0.4 is 46.9 Å². The molecule has 19 rings (SSSR count). The average Bonchev–Trinajstić information content (AvgIpc) is 1.63. The third kappa shape index (κ3) is 20.5. The highest BCUT2D eigenvalue weighted by atomic mass is 32.2. The molecule has 4 atom stereocenters. The van der Waals surface area contributed by atoms with E-state index in [2.05, 4.69) is 38.0 Å². The van der Waals surface area contributed by atoms with Crippen molar-refractivity contribution in [2.24, 2.45) is 13.0 Å². The Balaban J connectivity index is 0.000000134. The number of likely N-dealkylation sites (tertiary alicyclic amines) is 1. The summed E-state index contributed by atoms with van der Waals surface area (Å²) < 4.78 is 57.4. The van der Waals surface area contributed by atoms with Crippen LogP contribution in [0.25, 0.3) is 44.1 Å². The molecule has 138 heavy (non-hydrogen) atoms. The van der Waals surface area contributed by atoms with Crippen LogP contribution in [0.4, 0.5) is 46.7 Å². The van der Waals surface area contributed by atoms with Crippen molar-refractivity contribution in [3.05, 3.63) is 234 Å². The normalized spacial score (nSPS) is 17.8. The number of rotatable bonds is 19. The van der Waals surface area contributed by atoms with Gasteiger partial charge < -0.3 is 71.4 Å². The summed E-state index contributed by atoms with van der Waals surface area (Å²) in [5.74, 6) is 3.45. The molecule has 5 aromatic carbocycles. The lowest BCUT2D eigenvalue weighted by molar-refractivity contribution is -0.133. The number of urea groups is 1. The number of nitrogens with one attached hydrogen (secondary N) is 2. The van der Waals surface area contributed by atoms with E-state index in [0.717, 1.165) is 158 Å². The van der Waals surface area contributed by atoms with Gasteiger partial charge in [-0.15, -0.1) is 0 Å². The predicted molar refractivity (Wildman–Crippen MR) is 523 cm³/mol. The zero-order chi connectivity index (χ0) is 97.3. The summed E-state index contributed by atoms with van der Waals surface area (Å²) in [6.07, 6.45) is 15.0. The molecule has 0 bridgehead atoms.